The van der Waals surface area contributed by atoms with Crippen LogP contribution in [0.25, 0.3) is 12.2 Å². The molecule has 11 heteroatoms. The molecule has 0 radical (unpaired) electrons. The minimum atomic E-state index is -3.89. The monoisotopic (exact) mass is 430 g/mol. The van der Waals surface area contributed by atoms with Gasteiger partial charge in [-0.1, -0.05) is 12.1 Å². The lowest BCUT2D eigenvalue weighted by atomic mass is 10.1. The van der Waals surface area contributed by atoms with Gasteiger partial charge in [0.05, 0.1) is 4.90 Å². The second kappa shape index (κ2) is 8.86. The number of carbonyl (C=O) groups excluding carboxylic acids is 2. The van der Waals surface area contributed by atoms with Crippen molar-refractivity contribution < 1.29 is 28.4 Å². The normalized spacial score (nSPS) is 13.6. The van der Waals surface area contributed by atoms with Crippen LogP contribution in [0.2, 0.25) is 0 Å². The molecule has 0 saturated carbocycles. The van der Waals surface area contributed by atoms with Crippen LogP contribution in [-0.2, 0) is 26.0 Å². The molecule has 2 aromatic rings. The molecular formula is C19H18N4O6S. The number of sulfonamides is 1. The third-order valence-corrected chi connectivity index (χ3v) is 6.09. The molecule has 0 unspecified atom stereocenters. The van der Waals surface area contributed by atoms with Crippen molar-refractivity contribution in [1.29, 1.82) is 0 Å². The van der Waals surface area contributed by atoms with Gasteiger partial charge in [0.2, 0.25) is 0 Å². The van der Waals surface area contributed by atoms with E-state index in [1.807, 2.05) is 0 Å². The number of amides is 2. The Bertz CT molecular complexity index is 1140. The van der Waals surface area contributed by atoms with Gasteiger partial charge < -0.3 is 0 Å². The maximum absolute atomic E-state index is 13.1. The van der Waals surface area contributed by atoms with E-state index in [0.29, 0.717) is 28.9 Å². The number of aromatic nitrogens is 1. The van der Waals surface area contributed by atoms with E-state index >= 15 is 0 Å². The van der Waals surface area contributed by atoms with Gasteiger partial charge >= 0.3 is 0 Å². The molecule has 10 nitrogen and oxygen atoms in total. The highest BCUT2D eigenvalue weighted by Crippen LogP contribution is 2.32. The van der Waals surface area contributed by atoms with Gasteiger partial charge in [-0.05, 0) is 53.5 Å². The van der Waals surface area contributed by atoms with Gasteiger partial charge in [-0.3, -0.25) is 20.0 Å². The predicted molar refractivity (Wildman–Crippen MR) is 107 cm³/mol. The average molecular weight is 430 g/mol. The fraction of sp³-hybridized carbons (Fsp3) is 0.105. The summed E-state index contributed by atoms with van der Waals surface area (Å²) in [5, 5.41) is 17.0. The zero-order valence-corrected chi connectivity index (χ0v) is 16.3. The van der Waals surface area contributed by atoms with Crippen LogP contribution in [0, 0.1) is 0 Å². The van der Waals surface area contributed by atoms with E-state index in [4.69, 9.17) is 10.4 Å². The molecule has 0 saturated heterocycles. The molecule has 2 amide bonds. The Morgan fingerprint density at radius 2 is 1.70 bits per heavy atom. The number of carbonyl (C=O) groups is 2. The fourth-order valence-corrected chi connectivity index (χ4v) is 4.42. The van der Waals surface area contributed by atoms with E-state index in [-0.39, 0.29) is 11.4 Å². The molecule has 1 aromatic carbocycles. The first-order chi connectivity index (χ1) is 14.3. The van der Waals surface area contributed by atoms with Gasteiger partial charge in [0, 0.05) is 24.9 Å². The van der Waals surface area contributed by atoms with Crippen molar-refractivity contribution in [3.05, 3.63) is 65.4 Å². The Balaban J connectivity index is 1.87. The Morgan fingerprint density at radius 1 is 1.03 bits per heavy atom. The molecule has 3 rings (SSSR count). The third kappa shape index (κ3) is 4.54. The van der Waals surface area contributed by atoms with E-state index < -0.39 is 21.8 Å². The van der Waals surface area contributed by atoms with Crippen molar-refractivity contribution in [1.82, 2.24) is 15.9 Å². The maximum Gasteiger partial charge on any atom is 0.267 e. The summed E-state index contributed by atoms with van der Waals surface area (Å²) in [6.07, 6.45) is 6.91. The van der Waals surface area contributed by atoms with Crippen molar-refractivity contribution in [3.8, 4) is 0 Å². The Labute approximate surface area is 172 Å². The van der Waals surface area contributed by atoms with E-state index in [9.17, 15) is 18.0 Å². The van der Waals surface area contributed by atoms with Crippen molar-refractivity contribution in [2.24, 2.45) is 0 Å². The molecule has 4 N–H and O–H groups in total. The largest absolute Gasteiger partial charge is 0.288 e. The van der Waals surface area contributed by atoms with Gasteiger partial charge in [-0.15, -0.1) is 0 Å². The standard InChI is InChI=1S/C19H18N4O6S/c24-17(21-26)6-4-13-2-1-3-16(11-13)30(28,29)23-9-8-15-10-14(12-20-19(15)23)5-7-18(25)22-27/h1-7,10-12,26-27H,8-9H2,(H,21,24)(H,22,25). The molecule has 1 aromatic heterocycles. The van der Waals surface area contributed by atoms with Crippen molar-refractivity contribution in [2.45, 2.75) is 11.3 Å². The van der Waals surface area contributed by atoms with Gasteiger partial charge in [0.1, 0.15) is 5.82 Å². The molecule has 156 valence electrons. The summed E-state index contributed by atoms with van der Waals surface area (Å²) in [5.74, 6) is -1.12. The number of fused-ring (bicyclic) bond motifs is 1. The minimum Gasteiger partial charge on any atom is -0.288 e. The smallest absolute Gasteiger partial charge is 0.267 e. The van der Waals surface area contributed by atoms with Gasteiger partial charge in [0.25, 0.3) is 21.8 Å². The molecular weight excluding hydrogens is 412 g/mol. The summed E-state index contributed by atoms with van der Waals surface area (Å²) in [5.41, 5.74) is 4.71. The third-order valence-electron chi connectivity index (χ3n) is 4.31. The molecule has 0 atom stereocenters. The summed E-state index contributed by atoms with van der Waals surface area (Å²) < 4.78 is 27.5. The highest BCUT2D eigenvalue weighted by molar-refractivity contribution is 7.92. The Morgan fingerprint density at radius 3 is 2.37 bits per heavy atom. The number of pyridine rings is 1. The second-order valence-corrected chi connectivity index (χ2v) is 8.13. The molecule has 0 bridgehead atoms. The van der Waals surface area contributed by atoms with E-state index in [1.54, 1.807) is 18.2 Å². The molecule has 2 heterocycles. The predicted octanol–water partition coefficient (Wildman–Crippen LogP) is 0.870. The van der Waals surface area contributed by atoms with Crippen molar-refractivity contribution in [2.75, 3.05) is 10.8 Å². The van der Waals surface area contributed by atoms with E-state index in [0.717, 1.165) is 12.2 Å². The molecule has 1 aliphatic rings. The lowest BCUT2D eigenvalue weighted by Gasteiger charge is -2.18. The topological polar surface area (TPSA) is 149 Å². The summed E-state index contributed by atoms with van der Waals surface area (Å²) in [6.45, 7) is 0.210. The van der Waals surface area contributed by atoms with Crippen LogP contribution in [0.5, 0.6) is 0 Å². The van der Waals surface area contributed by atoms with Gasteiger partial charge in [-0.2, -0.15) is 0 Å². The van der Waals surface area contributed by atoms with Crippen molar-refractivity contribution in [3.63, 3.8) is 0 Å². The summed E-state index contributed by atoms with van der Waals surface area (Å²) in [7, 11) is -3.89. The molecule has 0 fully saturated rings. The minimum absolute atomic E-state index is 0.0345. The summed E-state index contributed by atoms with van der Waals surface area (Å²) >= 11 is 0. The van der Waals surface area contributed by atoms with Crippen LogP contribution >= 0.6 is 0 Å². The lowest BCUT2D eigenvalue weighted by molar-refractivity contribution is -0.124. The second-order valence-electron chi connectivity index (χ2n) is 6.27. The first-order valence-corrected chi connectivity index (χ1v) is 10.1. The number of nitrogens with one attached hydrogen (secondary N) is 2. The van der Waals surface area contributed by atoms with Crippen LogP contribution in [0.1, 0.15) is 16.7 Å². The van der Waals surface area contributed by atoms with Crippen LogP contribution in [0.15, 0.2) is 53.6 Å². The van der Waals surface area contributed by atoms with Crippen LogP contribution < -0.4 is 15.3 Å². The van der Waals surface area contributed by atoms with Crippen LogP contribution in [0.4, 0.5) is 5.82 Å². The highest BCUT2D eigenvalue weighted by Gasteiger charge is 2.32. The maximum atomic E-state index is 13.1. The summed E-state index contributed by atoms with van der Waals surface area (Å²) in [6, 6.07) is 7.76. The lowest BCUT2D eigenvalue weighted by Crippen LogP contribution is -2.29. The molecule has 30 heavy (non-hydrogen) atoms. The highest BCUT2D eigenvalue weighted by atomic mass is 32.2. The number of anilines is 1. The number of hydrogen-bond donors (Lipinski definition) is 4. The fourth-order valence-electron chi connectivity index (χ4n) is 2.91. The number of rotatable bonds is 6. The Kier molecular flexibility index (Phi) is 6.26. The molecule has 0 aliphatic carbocycles. The average Bonchev–Trinajstić information content (AvgIpc) is 3.20. The quantitative estimate of drug-likeness (QED) is 0.302. The SMILES string of the molecule is O=C(C=Cc1cccc(S(=O)(=O)N2CCc3cc(C=CC(=O)NO)cnc32)c1)NO. The number of nitrogens with zero attached hydrogens (tertiary/aromatic N) is 2. The van der Waals surface area contributed by atoms with Crippen LogP contribution in [-0.4, -0.2) is 42.2 Å². The number of benzene rings is 1. The summed E-state index contributed by atoms with van der Waals surface area (Å²) in [4.78, 5) is 26.5. The molecule has 1 aliphatic heterocycles. The Hall–Kier alpha value is -3.54. The molecule has 0 spiro atoms. The van der Waals surface area contributed by atoms with Crippen LogP contribution in [0.3, 0.4) is 0 Å². The van der Waals surface area contributed by atoms with Crippen molar-refractivity contribution >= 4 is 39.8 Å². The zero-order chi connectivity index (χ0) is 21.7. The number of hydrogen-bond acceptors (Lipinski definition) is 7. The van der Waals surface area contributed by atoms with Gasteiger partial charge in [0.15, 0.2) is 0 Å². The zero-order valence-electron chi connectivity index (χ0n) is 15.5. The first-order valence-electron chi connectivity index (χ1n) is 8.71. The number of hydroxylamine groups is 2. The van der Waals surface area contributed by atoms with E-state index in [2.05, 4.69) is 4.98 Å². The van der Waals surface area contributed by atoms with Gasteiger partial charge in [-0.25, -0.2) is 28.7 Å². The van der Waals surface area contributed by atoms with E-state index in [1.165, 1.54) is 45.7 Å². The first kappa shape index (κ1) is 21.2.